The zero-order valence-corrected chi connectivity index (χ0v) is 4.26. The second-order valence-electron chi connectivity index (χ2n) is 1.04. The molecule has 0 heterocycles. The summed E-state index contributed by atoms with van der Waals surface area (Å²) in [6.07, 6.45) is 0. The third-order valence-corrected chi connectivity index (χ3v) is 0.366. The van der Waals surface area contributed by atoms with E-state index in [1.807, 2.05) is 5.48 Å². The lowest BCUT2D eigenvalue weighted by atomic mass is 10.8. The van der Waals surface area contributed by atoms with Gasteiger partial charge in [0.15, 0.2) is 0 Å². The second-order valence-corrected chi connectivity index (χ2v) is 1.04. The quantitative estimate of drug-likeness (QED) is 0.315. The molecule has 0 fully saturated rings. The number of nitrogens with one attached hydrogen (secondary N) is 1. The standard InChI is InChI=1S/C3H8N2O3/c4-3(7)5-8-2-1-6/h6H,1-2H2,(H3,4,5,7). The van der Waals surface area contributed by atoms with E-state index in [1.165, 1.54) is 0 Å². The summed E-state index contributed by atoms with van der Waals surface area (Å²) in [7, 11) is 0. The molecule has 4 N–H and O–H groups in total. The van der Waals surface area contributed by atoms with E-state index in [1.54, 1.807) is 0 Å². The number of urea groups is 1. The molecule has 8 heavy (non-hydrogen) atoms. The summed E-state index contributed by atoms with van der Waals surface area (Å²) in [5.74, 6) is 0. The van der Waals surface area contributed by atoms with Crippen LogP contribution in [0.1, 0.15) is 0 Å². The van der Waals surface area contributed by atoms with Gasteiger partial charge in [-0.15, -0.1) is 0 Å². The van der Waals surface area contributed by atoms with Crippen molar-refractivity contribution >= 4 is 6.03 Å². The maximum atomic E-state index is 9.78. The van der Waals surface area contributed by atoms with Crippen LogP contribution in [0.5, 0.6) is 0 Å². The van der Waals surface area contributed by atoms with Crippen molar-refractivity contribution in [2.24, 2.45) is 5.73 Å². The average molecular weight is 120 g/mol. The van der Waals surface area contributed by atoms with Crippen LogP contribution in [-0.2, 0) is 4.84 Å². The van der Waals surface area contributed by atoms with E-state index in [9.17, 15) is 4.79 Å². The van der Waals surface area contributed by atoms with Crippen LogP contribution in [0.3, 0.4) is 0 Å². The molecule has 2 amide bonds. The monoisotopic (exact) mass is 120 g/mol. The van der Waals surface area contributed by atoms with Crippen LogP contribution in [0.2, 0.25) is 0 Å². The normalized spacial score (nSPS) is 8.62. The average Bonchev–Trinajstić information content (AvgIpc) is 1.66. The number of nitrogens with two attached hydrogens (primary N) is 1. The van der Waals surface area contributed by atoms with E-state index in [0.29, 0.717) is 0 Å². The molecule has 0 aliphatic carbocycles. The van der Waals surface area contributed by atoms with Crippen LogP contribution in [0.4, 0.5) is 4.79 Å². The molecule has 0 saturated carbocycles. The van der Waals surface area contributed by atoms with Crippen molar-refractivity contribution < 1.29 is 14.7 Å². The number of aliphatic hydroxyl groups excluding tert-OH is 1. The number of rotatable bonds is 3. The fraction of sp³-hybridized carbons (Fsp3) is 0.667. The fourth-order valence-electron chi connectivity index (χ4n) is 0.168. The van der Waals surface area contributed by atoms with E-state index in [2.05, 4.69) is 10.6 Å². The van der Waals surface area contributed by atoms with Gasteiger partial charge in [-0.05, 0) is 0 Å². The first kappa shape index (κ1) is 7.19. The molecule has 48 valence electrons. The number of aliphatic hydroxyl groups is 1. The Kier molecular flexibility index (Phi) is 3.91. The predicted molar refractivity (Wildman–Crippen MR) is 25.8 cm³/mol. The summed E-state index contributed by atoms with van der Waals surface area (Å²) in [4.78, 5) is 14.0. The SMILES string of the molecule is NC(=O)NOCCO. The topological polar surface area (TPSA) is 84.6 Å². The number of hydrogen-bond donors (Lipinski definition) is 3. The van der Waals surface area contributed by atoms with Crippen LogP contribution < -0.4 is 11.2 Å². The molecular weight excluding hydrogens is 112 g/mol. The molecule has 5 heteroatoms. The van der Waals surface area contributed by atoms with E-state index in [4.69, 9.17) is 5.11 Å². The molecule has 0 rings (SSSR count). The molecule has 0 atom stereocenters. The first-order valence-corrected chi connectivity index (χ1v) is 2.05. The van der Waals surface area contributed by atoms with Crippen molar-refractivity contribution in [1.29, 1.82) is 0 Å². The van der Waals surface area contributed by atoms with Crippen LogP contribution >= 0.6 is 0 Å². The van der Waals surface area contributed by atoms with Gasteiger partial charge in [0.1, 0.15) is 0 Å². The lowest BCUT2D eigenvalue weighted by Gasteiger charge is -1.97. The fourth-order valence-corrected chi connectivity index (χ4v) is 0.168. The number of carbonyl (C=O) groups excluding carboxylic acids is 1. The number of hydroxylamine groups is 1. The zero-order chi connectivity index (χ0) is 6.41. The van der Waals surface area contributed by atoms with E-state index in [-0.39, 0.29) is 13.2 Å². The molecule has 0 bridgehead atoms. The minimum atomic E-state index is -0.765. The molecule has 0 saturated heterocycles. The molecule has 0 unspecified atom stereocenters. The molecule has 0 spiro atoms. The van der Waals surface area contributed by atoms with Gasteiger partial charge in [0.2, 0.25) is 0 Å². The van der Waals surface area contributed by atoms with Gasteiger partial charge in [-0.3, -0.25) is 4.84 Å². The molecule has 0 aromatic heterocycles. The van der Waals surface area contributed by atoms with Gasteiger partial charge >= 0.3 is 6.03 Å². The van der Waals surface area contributed by atoms with Crippen molar-refractivity contribution in [1.82, 2.24) is 5.48 Å². The highest BCUT2D eigenvalue weighted by Crippen LogP contribution is 1.62. The molecule has 0 aromatic carbocycles. The summed E-state index contributed by atoms with van der Waals surface area (Å²) in [5, 5.41) is 8.06. The molecular formula is C3H8N2O3. The summed E-state index contributed by atoms with van der Waals surface area (Å²) < 4.78 is 0. The van der Waals surface area contributed by atoms with Crippen LogP contribution in [-0.4, -0.2) is 24.4 Å². The smallest absolute Gasteiger partial charge is 0.336 e. The van der Waals surface area contributed by atoms with E-state index < -0.39 is 6.03 Å². The summed E-state index contributed by atoms with van der Waals surface area (Å²) in [6.45, 7) is -0.0801. The Bertz CT molecular complexity index is 74.9. The summed E-state index contributed by atoms with van der Waals surface area (Å²) in [6, 6.07) is -0.765. The molecule has 0 aromatic rings. The minimum absolute atomic E-state index is 0.0585. The van der Waals surface area contributed by atoms with Gasteiger partial charge in [-0.1, -0.05) is 0 Å². The Balaban J connectivity index is 2.82. The lowest BCUT2D eigenvalue weighted by molar-refractivity contribution is 0.0388. The number of hydrogen-bond acceptors (Lipinski definition) is 3. The van der Waals surface area contributed by atoms with Gasteiger partial charge in [-0.25, -0.2) is 10.3 Å². The highest BCUT2D eigenvalue weighted by atomic mass is 16.7. The zero-order valence-electron chi connectivity index (χ0n) is 4.26. The minimum Gasteiger partial charge on any atom is -0.394 e. The highest BCUT2D eigenvalue weighted by Gasteiger charge is 1.86. The van der Waals surface area contributed by atoms with Gasteiger partial charge in [0, 0.05) is 0 Å². The Morgan fingerprint density at radius 2 is 2.50 bits per heavy atom. The van der Waals surface area contributed by atoms with Crippen molar-refractivity contribution in [3.63, 3.8) is 0 Å². The lowest BCUT2D eigenvalue weighted by Crippen LogP contribution is -2.30. The van der Waals surface area contributed by atoms with E-state index >= 15 is 0 Å². The van der Waals surface area contributed by atoms with Crippen molar-refractivity contribution in [3.05, 3.63) is 0 Å². The van der Waals surface area contributed by atoms with Gasteiger partial charge in [0.05, 0.1) is 13.2 Å². The van der Waals surface area contributed by atoms with Gasteiger partial charge in [-0.2, -0.15) is 0 Å². The first-order chi connectivity index (χ1) is 3.77. The van der Waals surface area contributed by atoms with Gasteiger partial charge in [0.25, 0.3) is 0 Å². The Morgan fingerprint density at radius 3 is 2.88 bits per heavy atom. The van der Waals surface area contributed by atoms with Crippen LogP contribution in [0.15, 0.2) is 0 Å². The van der Waals surface area contributed by atoms with E-state index in [0.717, 1.165) is 0 Å². The molecule has 0 aliphatic rings. The van der Waals surface area contributed by atoms with Crippen molar-refractivity contribution in [3.8, 4) is 0 Å². The number of amides is 2. The Morgan fingerprint density at radius 1 is 1.88 bits per heavy atom. The largest absolute Gasteiger partial charge is 0.394 e. The number of carbonyl (C=O) groups is 1. The summed E-state index contributed by atoms with van der Waals surface area (Å²) in [5.41, 5.74) is 6.40. The Labute approximate surface area is 46.4 Å². The second kappa shape index (κ2) is 4.35. The van der Waals surface area contributed by atoms with Crippen molar-refractivity contribution in [2.45, 2.75) is 0 Å². The van der Waals surface area contributed by atoms with Crippen LogP contribution in [0.25, 0.3) is 0 Å². The maximum absolute atomic E-state index is 9.78. The van der Waals surface area contributed by atoms with Crippen molar-refractivity contribution in [2.75, 3.05) is 13.2 Å². The predicted octanol–water partition coefficient (Wildman–Crippen LogP) is -1.42. The molecule has 5 nitrogen and oxygen atoms in total. The first-order valence-electron chi connectivity index (χ1n) is 2.05. The maximum Gasteiger partial charge on any atom is 0.336 e. The van der Waals surface area contributed by atoms with Gasteiger partial charge < -0.3 is 10.8 Å². The summed E-state index contributed by atoms with van der Waals surface area (Å²) >= 11 is 0. The third-order valence-electron chi connectivity index (χ3n) is 0.366. The third kappa shape index (κ3) is 5.19. The highest BCUT2D eigenvalue weighted by molar-refractivity contribution is 5.70. The number of primary amides is 1. The molecule has 0 aliphatic heterocycles. The molecule has 0 radical (unpaired) electrons. The Hall–Kier alpha value is -0.810. The van der Waals surface area contributed by atoms with Crippen LogP contribution in [0, 0.1) is 0 Å².